The number of aliphatic hydroxyl groups is 6. The molecule has 2 aliphatic heterocycles. The first-order valence-corrected chi connectivity index (χ1v) is 13.4. The summed E-state index contributed by atoms with van der Waals surface area (Å²) in [5.74, 6) is -2.33. The Bertz CT molecular complexity index is 1560. The topological polar surface area (TPSA) is 258 Å². The Morgan fingerprint density at radius 3 is 2.16 bits per heavy atom. The second-order valence-corrected chi connectivity index (χ2v) is 10.5. The molecule has 0 radical (unpaired) electrons. The first kappa shape index (κ1) is 31.7. The summed E-state index contributed by atoms with van der Waals surface area (Å²) in [5.41, 5.74) is -1.19. The highest BCUT2D eigenvalue weighted by Crippen LogP contribution is 2.39. The van der Waals surface area contributed by atoms with Gasteiger partial charge in [0.25, 0.3) is 0 Å². The van der Waals surface area contributed by atoms with E-state index in [0.29, 0.717) is 0 Å². The van der Waals surface area contributed by atoms with E-state index in [1.165, 1.54) is 32.2 Å². The largest absolute Gasteiger partial charge is 0.508 e. The van der Waals surface area contributed by atoms with Crippen molar-refractivity contribution in [2.75, 3.05) is 13.7 Å². The van der Waals surface area contributed by atoms with Crippen LogP contribution in [0.1, 0.15) is 6.92 Å². The van der Waals surface area contributed by atoms with Crippen molar-refractivity contribution in [3.05, 3.63) is 40.6 Å². The third-order valence-electron chi connectivity index (χ3n) is 7.49. The second-order valence-electron chi connectivity index (χ2n) is 10.5. The molecular formula is C28H32O16. The molecule has 1 aromatic heterocycles. The maximum Gasteiger partial charge on any atom is 0.239 e. The standard InChI is InChI=1S/C28H32O16/c1-9-18(32)21(35)23(37)27(41-9)40-8-16-19(33)22(36)24(38)28(43-16)44-26-20(34)17-13(31)6-11(29)7-15(17)42-25(26)10-3-4-14(39-2)12(30)5-10/h3-7,9,16,18-19,21-24,27-33,35-38H,8H2,1-2H3/t9-,16+,18+,19-,21-,22+,23-,24-,27-,28+/m1/s1. The minimum atomic E-state index is -1.95. The van der Waals surface area contributed by atoms with Gasteiger partial charge < -0.3 is 74.1 Å². The first-order chi connectivity index (χ1) is 20.8. The van der Waals surface area contributed by atoms with Crippen LogP contribution in [0.15, 0.2) is 39.5 Å². The summed E-state index contributed by atoms with van der Waals surface area (Å²) >= 11 is 0. The normalized spacial score (nSPS) is 32.5. The molecule has 0 spiro atoms. The molecule has 10 atom stereocenters. The number of ether oxygens (including phenoxy) is 5. The van der Waals surface area contributed by atoms with Crippen molar-refractivity contribution >= 4 is 11.0 Å². The first-order valence-electron chi connectivity index (χ1n) is 13.4. The van der Waals surface area contributed by atoms with Crippen LogP contribution in [0.5, 0.6) is 28.7 Å². The van der Waals surface area contributed by atoms with Crippen LogP contribution in [0.4, 0.5) is 0 Å². The molecule has 5 rings (SSSR count). The van der Waals surface area contributed by atoms with Crippen LogP contribution in [-0.2, 0) is 14.2 Å². The van der Waals surface area contributed by atoms with E-state index in [-0.39, 0.29) is 28.4 Å². The number of hydrogen-bond acceptors (Lipinski definition) is 16. The molecule has 2 aliphatic rings. The van der Waals surface area contributed by atoms with Crippen LogP contribution < -0.4 is 14.9 Å². The molecule has 0 aliphatic carbocycles. The maximum absolute atomic E-state index is 13.7. The van der Waals surface area contributed by atoms with Crippen molar-refractivity contribution in [3.8, 4) is 40.1 Å². The minimum absolute atomic E-state index is 0.0594. The summed E-state index contributed by atoms with van der Waals surface area (Å²) in [6.45, 7) is 0.841. The number of aliphatic hydroxyl groups excluding tert-OH is 6. The molecule has 3 aromatic rings. The summed E-state index contributed by atoms with van der Waals surface area (Å²) in [6, 6.07) is 5.88. The number of fused-ring (bicyclic) bond motifs is 1. The predicted octanol–water partition coefficient (Wildman–Crippen LogP) is -1.38. The van der Waals surface area contributed by atoms with Crippen molar-refractivity contribution in [1.82, 2.24) is 0 Å². The Labute approximate surface area is 248 Å². The summed E-state index contributed by atoms with van der Waals surface area (Å²) in [5, 5.41) is 92.3. The number of methoxy groups -OCH3 is 1. The highest BCUT2D eigenvalue weighted by atomic mass is 16.7. The van der Waals surface area contributed by atoms with Gasteiger partial charge in [-0.25, -0.2) is 0 Å². The van der Waals surface area contributed by atoms with E-state index >= 15 is 0 Å². The molecule has 2 aromatic carbocycles. The number of phenolic OH excluding ortho intramolecular Hbond substituents is 3. The van der Waals surface area contributed by atoms with E-state index in [9.17, 15) is 50.8 Å². The quantitative estimate of drug-likeness (QED) is 0.147. The zero-order valence-corrected chi connectivity index (χ0v) is 23.3. The fraction of sp³-hybridized carbons (Fsp3) is 0.464. The Kier molecular flexibility index (Phi) is 8.90. The molecule has 0 saturated carbocycles. The number of aromatic hydroxyl groups is 3. The van der Waals surface area contributed by atoms with E-state index in [1.54, 1.807) is 0 Å². The summed E-state index contributed by atoms with van der Waals surface area (Å²) in [4.78, 5) is 13.7. The van der Waals surface area contributed by atoms with E-state index in [1.807, 2.05) is 0 Å². The number of rotatable bonds is 7. The van der Waals surface area contributed by atoms with Crippen molar-refractivity contribution in [3.63, 3.8) is 0 Å². The molecular weight excluding hydrogens is 592 g/mol. The SMILES string of the molecule is COc1ccc(-c2oc3cc(O)cc(O)c3c(=O)c2O[C@@H]2O[C@@H](CO[C@@H]3O[C@H](C)[C@H](O)[C@@H](O)[C@H]3O)[C@@H](O)[C@H](O)[C@H]2O)cc1O. The average Bonchev–Trinajstić information content (AvgIpc) is 2.98. The van der Waals surface area contributed by atoms with Crippen molar-refractivity contribution < 1.29 is 74.1 Å². The van der Waals surface area contributed by atoms with Gasteiger partial charge in [-0.3, -0.25) is 4.79 Å². The van der Waals surface area contributed by atoms with E-state index in [4.69, 9.17) is 28.1 Å². The fourth-order valence-electron chi connectivity index (χ4n) is 5.01. The summed E-state index contributed by atoms with van der Waals surface area (Å²) in [7, 11) is 1.32. The van der Waals surface area contributed by atoms with E-state index in [0.717, 1.165) is 12.1 Å². The van der Waals surface area contributed by atoms with Gasteiger partial charge in [-0.2, -0.15) is 0 Å². The average molecular weight is 625 g/mol. The maximum atomic E-state index is 13.7. The Hall–Kier alpha value is -3.71. The monoisotopic (exact) mass is 624 g/mol. The second kappa shape index (κ2) is 12.4. The van der Waals surface area contributed by atoms with E-state index < -0.39 is 96.1 Å². The third-order valence-corrected chi connectivity index (χ3v) is 7.49. The highest BCUT2D eigenvalue weighted by molar-refractivity contribution is 5.88. The lowest BCUT2D eigenvalue weighted by Crippen LogP contribution is -2.61. The van der Waals surface area contributed by atoms with Crippen LogP contribution in [0.25, 0.3) is 22.3 Å². The van der Waals surface area contributed by atoms with Crippen LogP contribution in [0.3, 0.4) is 0 Å². The van der Waals surface area contributed by atoms with Gasteiger partial charge in [0.05, 0.1) is 19.8 Å². The molecule has 9 N–H and O–H groups in total. The Morgan fingerprint density at radius 1 is 0.795 bits per heavy atom. The predicted molar refractivity (Wildman–Crippen MR) is 145 cm³/mol. The lowest BCUT2D eigenvalue weighted by molar-refractivity contribution is -0.318. The molecule has 0 amide bonds. The Balaban J connectivity index is 1.48. The van der Waals surface area contributed by atoms with Crippen LogP contribution in [0, 0.1) is 0 Å². The Morgan fingerprint density at radius 2 is 1.48 bits per heavy atom. The molecule has 0 bridgehead atoms. The number of benzene rings is 2. The summed E-state index contributed by atoms with van der Waals surface area (Å²) in [6.07, 6.45) is -16.0. The zero-order valence-electron chi connectivity index (χ0n) is 23.3. The van der Waals surface area contributed by atoms with Gasteiger partial charge in [0.1, 0.15) is 65.2 Å². The van der Waals surface area contributed by atoms with Crippen molar-refractivity contribution in [1.29, 1.82) is 0 Å². The van der Waals surface area contributed by atoms with Gasteiger partial charge >= 0.3 is 0 Å². The van der Waals surface area contributed by atoms with Gasteiger partial charge in [-0.1, -0.05) is 0 Å². The molecule has 16 heteroatoms. The van der Waals surface area contributed by atoms with Crippen molar-refractivity contribution in [2.24, 2.45) is 0 Å². The lowest BCUT2D eigenvalue weighted by atomic mass is 9.98. The molecule has 3 heterocycles. The summed E-state index contributed by atoms with van der Waals surface area (Å²) < 4.78 is 33.1. The van der Waals surface area contributed by atoms with E-state index in [2.05, 4.69) is 0 Å². The fourth-order valence-corrected chi connectivity index (χ4v) is 5.01. The van der Waals surface area contributed by atoms with Gasteiger partial charge in [-0.15, -0.1) is 0 Å². The van der Waals surface area contributed by atoms with Gasteiger partial charge in [-0.05, 0) is 25.1 Å². The third kappa shape index (κ3) is 5.74. The number of phenols is 3. The van der Waals surface area contributed by atoms with Crippen LogP contribution >= 0.6 is 0 Å². The van der Waals surface area contributed by atoms with Crippen LogP contribution in [-0.4, -0.2) is 121 Å². The van der Waals surface area contributed by atoms with Gasteiger partial charge in [0.2, 0.25) is 17.5 Å². The van der Waals surface area contributed by atoms with Gasteiger partial charge in [0.15, 0.2) is 23.5 Å². The molecule has 0 unspecified atom stereocenters. The smallest absolute Gasteiger partial charge is 0.239 e. The number of hydrogen-bond donors (Lipinski definition) is 9. The van der Waals surface area contributed by atoms with Crippen LogP contribution in [0.2, 0.25) is 0 Å². The molecule has 44 heavy (non-hydrogen) atoms. The minimum Gasteiger partial charge on any atom is -0.508 e. The molecule has 2 saturated heterocycles. The molecule has 2 fully saturated rings. The van der Waals surface area contributed by atoms with Gasteiger partial charge in [0, 0.05) is 17.7 Å². The molecule has 16 nitrogen and oxygen atoms in total. The molecule has 240 valence electrons. The van der Waals surface area contributed by atoms with Crippen molar-refractivity contribution in [2.45, 2.75) is 68.3 Å². The zero-order chi connectivity index (χ0) is 32.0. The lowest BCUT2D eigenvalue weighted by Gasteiger charge is -2.42. The highest BCUT2D eigenvalue weighted by Gasteiger charge is 2.47.